The number of ketones is 1. The molecule has 0 aliphatic carbocycles. The number of carbonyl (C=O) groups excluding carboxylic acids is 3. The molecule has 166 valence electrons. The third-order valence-electron chi connectivity index (χ3n) is 6.41. The standard InChI is InChI=1S/C21H39N5O3/c1-15(2)18(22-4)19(28)24-21(20(29)23-14-16(3)27)8-12-26(13-9-21)17-6-10-25(5)11-7-17/h15,17-18,22H,6-14H2,1-5H3,(H,23,29)(H,24,28)/t18-/m0/s1. The van der Waals surface area contributed by atoms with Gasteiger partial charge in [0.15, 0.2) is 0 Å². The van der Waals surface area contributed by atoms with Gasteiger partial charge >= 0.3 is 0 Å². The Morgan fingerprint density at radius 3 is 2.14 bits per heavy atom. The van der Waals surface area contributed by atoms with Gasteiger partial charge in [0.2, 0.25) is 11.8 Å². The molecule has 0 aromatic rings. The van der Waals surface area contributed by atoms with E-state index in [1.165, 1.54) is 6.92 Å². The summed E-state index contributed by atoms with van der Waals surface area (Å²) in [5, 5.41) is 8.84. The van der Waals surface area contributed by atoms with Gasteiger partial charge in [0.25, 0.3) is 0 Å². The number of hydrogen-bond donors (Lipinski definition) is 3. The summed E-state index contributed by atoms with van der Waals surface area (Å²) in [5.74, 6) is -0.397. The Balaban J connectivity index is 2.09. The van der Waals surface area contributed by atoms with Crippen LogP contribution >= 0.6 is 0 Å². The van der Waals surface area contributed by atoms with E-state index in [1.807, 2.05) is 13.8 Å². The normalized spacial score (nSPS) is 22.3. The first-order chi connectivity index (χ1) is 13.7. The fraction of sp³-hybridized carbons (Fsp3) is 0.857. The molecule has 0 aromatic carbocycles. The second-order valence-corrected chi connectivity index (χ2v) is 9.04. The van der Waals surface area contributed by atoms with E-state index in [9.17, 15) is 14.4 Å². The summed E-state index contributed by atoms with van der Waals surface area (Å²) < 4.78 is 0. The summed E-state index contributed by atoms with van der Waals surface area (Å²) in [5.41, 5.74) is -0.960. The van der Waals surface area contributed by atoms with Gasteiger partial charge in [0, 0.05) is 19.1 Å². The van der Waals surface area contributed by atoms with Crippen LogP contribution in [0.3, 0.4) is 0 Å². The maximum absolute atomic E-state index is 13.0. The molecule has 0 radical (unpaired) electrons. The Labute approximate surface area is 175 Å². The van der Waals surface area contributed by atoms with E-state index in [0.29, 0.717) is 18.9 Å². The molecule has 0 saturated carbocycles. The summed E-state index contributed by atoms with van der Waals surface area (Å²) in [6.07, 6.45) is 3.40. The molecular weight excluding hydrogens is 370 g/mol. The largest absolute Gasteiger partial charge is 0.347 e. The Kier molecular flexibility index (Phi) is 8.60. The molecule has 2 fully saturated rings. The zero-order valence-corrected chi connectivity index (χ0v) is 18.7. The van der Waals surface area contributed by atoms with Crippen molar-refractivity contribution in [2.24, 2.45) is 5.92 Å². The minimum atomic E-state index is -0.960. The second-order valence-electron chi connectivity index (χ2n) is 9.04. The van der Waals surface area contributed by atoms with Crippen LogP contribution in [0.5, 0.6) is 0 Å². The molecule has 8 nitrogen and oxygen atoms in total. The maximum atomic E-state index is 13.0. The lowest BCUT2D eigenvalue weighted by atomic mass is 9.84. The highest BCUT2D eigenvalue weighted by atomic mass is 16.2. The predicted octanol–water partition coefficient (Wildman–Crippen LogP) is -0.0194. The Hall–Kier alpha value is -1.51. The van der Waals surface area contributed by atoms with E-state index in [-0.39, 0.29) is 36.1 Å². The molecule has 0 unspecified atom stereocenters. The van der Waals surface area contributed by atoms with Crippen LogP contribution < -0.4 is 16.0 Å². The highest BCUT2D eigenvalue weighted by Crippen LogP contribution is 2.27. The van der Waals surface area contributed by atoms with Crippen LogP contribution in [-0.2, 0) is 14.4 Å². The zero-order valence-electron chi connectivity index (χ0n) is 18.7. The SMILES string of the molecule is CN[C@H](C(=O)NC1(C(=O)NCC(C)=O)CCN(C2CCN(C)CC2)CC1)C(C)C. The second kappa shape index (κ2) is 10.5. The number of nitrogens with one attached hydrogen (secondary N) is 3. The van der Waals surface area contributed by atoms with Crippen LogP contribution in [0, 0.1) is 5.92 Å². The number of carbonyl (C=O) groups is 3. The van der Waals surface area contributed by atoms with Gasteiger partial charge in [-0.15, -0.1) is 0 Å². The number of Topliss-reactive ketones (excluding diaryl/α,β-unsaturated/α-hetero) is 1. The maximum Gasteiger partial charge on any atom is 0.246 e. The first-order valence-electron chi connectivity index (χ1n) is 10.9. The molecule has 2 saturated heterocycles. The van der Waals surface area contributed by atoms with Gasteiger partial charge in [0.1, 0.15) is 11.3 Å². The van der Waals surface area contributed by atoms with Crippen LogP contribution in [0.25, 0.3) is 0 Å². The van der Waals surface area contributed by atoms with Gasteiger partial charge in [-0.3, -0.25) is 14.4 Å². The van der Waals surface area contributed by atoms with E-state index in [2.05, 4.69) is 32.8 Å². The smallest absolute Gasteiger partial charge is 0.246 e. The number of nitrogens with zero attached hydrogens (tertiary/aromatic N) is 2. The Bertz CT molecular complexity index is 579. The Morgan fingerprint density at radius 1 is 1.07 bits per heavy atom. The van der Waals surface area contributed by atoms with Gasteiger partial charge in [-0.2, -0.15) is 0 Å². The van der Waals surface area contributed by atoms with E-state index >= 15 is 0 Å². The van der Waals surface area contributed by atoms with Gasteiger partial charge in [-0.25, -0.2) is 0 Å². The predicted molar refractivity (Wildman–Crippen MR) is 114 cm³/mol. The molecule has 2 aliphatic heterocycles. The fourth-order valence-corrected chi connectivity index (χ4v) is 4.49. The van der Waals surface area contributed by atoms with E-state index in [4.69, 9.17) is 0 Å². The molecule has 2 heterocycles. The summed E-state index contributed by atoms with van der Waals surface area (Å²) >= 11 is 0. The third kappa shape index (κ3) is 6.23. The van der Waals surface area contributed by atoms with Crippen molar-refractivity contribution in [2.45, 2.75) is 64.1 Å². The number of likely N-dealkylation sites (tertiary alicyclic amines) is 2. The van der Waals surface area contributed by atoms with Gasteiger partial charge in [-0.05, 0) is 65.7 Å². The van der Waals surface area contributed by atoms with Crippen molar-refractivity contribution in [3.63, 3.8) is 0 Å². The average molecular weight is 410 g/mol. The van der Waals surface area contributed by atoms with Crippen molar-refractivity contribution in [1.29, 1.82) is 0 Å². The fourth-order valence-electron chi connectivity index (χ4n) is 4.49. The number of rotatable bonds is 8. The van der Waals surface area contributed by atoms with Gasteiger partial charge in [0.05, 0.1) is 12.6 Å². The molecule has 2 rings (SSSR count). The van der Waals surface area contributed by atoms with Crippen LogP contribution in [0.4, 0.5) is 0 Å². The lowest BCUT2D eigenvalue weighted by molar-refractivity contribution is -0.138. The van der Waals surface area contributed by atoms with Crippen LogP contribution in [-0.4, -0.2) is 91.8 Å². The van der Waals surface area contributed by atoms with Crippen LogP contribution in [0.15, 0.2) is 0 Å². The van der Waals surface area contributed by atoms with Crippen molar-refractivity contribution in [2.75, 3.05) is 46.8 Å². The Morgan fingerprint density at radius 2 is 1.66 bits per heavy atom. The van der Waals surface area contributed by atoms with E-state index in [1.54, 1.807) is 7.05 Å². The van der Waals surface area contributed by atoms with Gasteiger partial charge < -0.3 is 25.8 Å². The monoisotopic (exact) mass is 409 g/mol. The third-order valence-corrected chi connectivity index (χ3v) is 6.41. The lowest BCUT2D eigenvalue weighted by Crippen LogP contribution is -2.66. The zero-order chi connectivity index (χ0) is 21.6. The minimum Gasteiger partial charge on any atom is -0.347 e. The summed E-state index contributed by atoms with van der Waals surface area (Å²) in [6.45, 7) is 9.14. The lowest BCUT2D eigenvalue weighted by Gasteiger charge is -2.45. The van der Waals surface area contributed by atoms with Crippen molar-refractivity contribution in [3.05, 3.63) is 0 Å². The summed E-state index contributed by atoms with van der Waals surface area (Å²) in [7, 11) is 3.91. The number of amides is 2. The van der Waals surface area contributed by atoms with E-state index < -0.39 is 5.54 Å². The molecule has 1 atom stereocenters. The van der Waals surface area contributed by atoms with E-state index in [0.717, 1.165) is 39.0 Å². The van der Waals surface area contributed by atoms with Crippen molar-refractivity contribution < 1.29 is 14.4 Å². The molecule has 3 N–H and O–H groups in total. The molecule has 8 heteroatoms. The number of likely N-dealkylation sites (N-methyl/N-ethyl adjacent to an activating group) is 1. The highest BCUT2D eigenvalue weighted by molar-refractivity contribution is 5.95. The van der Waals surface area contributed by atoms with Crippen molar-refractivity contribution in [1.82, 2.24) is 25.8 Å². The van der Waals surface area contributed by atoms with Crippen LogP contribution in [0.1, 0.15) is 46.5 Å². The molecule has 2 amide bonds. The summed E-state index contributed by atoms with van der Waals surface area (Å²) in [4.78, 5) is 42.1. The van der Waals surface area contributed by atoms with Crippen LogP contribution in [0.2, 0.25) is 0 Å². The quantitative estimate of drug-likeness (QED) is 0.522. The van der Waals surface area contributed by atoms with Gasteiger partial charge in [-0.1, -0.05) is 13.8 Å². The molecular formula is C21H39N5O3. The molecule has 2 aliphatic rings. The molecule has 0 aromatic heterocycles. The first kappa shape index (κ1) is 23.8. The highest BCUT2D eigenvalue weighted by Gasteiger charge is 2.44. The molecule has 0 bridgehead atoms. The van der Waals surface area contributed by atoms with Crippen molar-refractivity contribution >= 4 is 17.6 Å². The average Bonchev–Trinajstić information content (AvgIpc) is 2.67. The number of piperidine rings is 2. The van der Waals surface area contributed by atoms with Crippen molar-refractivity contribution in [3.8, 4) is 0 Å². The topological polar surface area (TPSA) is 93.8 Å². The molecule has 0 spiro atoms. The number of hydrogen-bond acceptors (Lipinski definition) is 6. The minimum absolute atomic E-state index is 0.00519. The molecule has 29 heavy (non-hydrogen) atoms. The first-order valence-corrected chi connectivity index (χ1v) is 10.9. The summed E-state index contributed by atoms with van der Waals surface area (Å²) in [6, 6.07) is 0.181.